The van der Waals surface area contributed by atoms with E-state index >= 15 is 0 Å². The predicted octanol–water partition coefficient (Wildman–Crippen LogP) is 3.66. The lowest BCUT2D eigenvalue weighted by atomic mass is 9.48. The summed E-state index contributed by atoms with van der Waals surface area (Å²) in [5.41, 5.74) is 3.42. The Balaban J connectivity index is 1.52. The average Bonchev–Trinajstić information content (AvgIpc) is 2.99. The first-order chi connectivity index (χ1) is 11.5. The van der Waals surface area contributed by atoms with Gasteiger partial charge in [0.05, 0.1) is 12.3 Å². The zero-order valence-corrected chi connectivity index (χ0v) is 14.8. The van der Waals surface area contributed by atoms with Gasteiger partial charge in [-0.25, -0.2) is 0 Å². The second-order valence-electron chi connectivity index (χ2n) is 9.21. The zero-order chi connectivity index (χ0) is 16.5. The van der Waals surface area contributed by atoms with E-state index in [1.54, 1.807) is 5.57 Å². The van der Waals surface area contributed by atoms with Gasteiger partial charge in [0, 0.05) is 11.1 Å². The van der Waals surface area contributed by atoms with Gasteiger partial charge in [0.15, 0.2) is 0 Å². The maximum absolute atomic E-state index is 10.1. The number of anilines is 1. The van der Waals surface area contributed by atoms with Crippen LogP contribution >= 0.6 is 0 Å². The number of aromatic nitrogens is 2. The summed E-state index contributed by atoms with van der Waals surface area (Å²) in [6.45, 7) is 4.91. The molecule has 4 heteroatoms. The van der Waals surface area contributed by atoms with Gasteiger partial charge in [-0.2, -0.15) is 5.10 Å². The van der Waals surface area contributed by atoms with E-state index in [-0.39, 0.29) is 11.6 Å². The fraction of sp³-hybridized carbons (Fsp3) is 0.750. The Morgan fingerprint density at radius 1 is 1.17 bits per heavy atom. The average molecular weight is 327 g/mol. The number of hydrogen-bond acceptors (Lipinski definition) is 3. The Labute approximate surface area is 144 Å². The lowest BCUT2D eigenvalue weighted by Gasteiger charge is -2.59. The number of aromatic amines is 1. The third-order valence-corrected chi connectivity index (χ3v) is 8.04. The molecule has 0 aromatic carbocycles. The SMILES string of the molecule is C[C@]12CC[C@H](O)CC1=CC[C@@H]1C2CC[C@]2(C)Nc3[nH]ncc3CC12. The van der Waals surface area contributed by atoms with Crippen molar-refractivity contribution in [3.8, 4) is 0 Å². The van der Waals surface area contributed by atoms with Gasteiger partial charge in [0.1, 0.15) is 5.82 Å². The molecule has 0 radical (unpaired) electrons. The van der Waals surface area contributed by atoms with Crippen LogP contribution in [0.15, 0.2) is 17.8 Å². The molecule has 1 aromatic heterocycles. The third-order valence-electron chi connectivity index (χ3n) is 8.04. The molecule has 0 saturated heterocycles. The highest BCUT2D eigenvalue weighted by Gasteiger charge is 2.55. The van der Waals surface area contributed by atoms with E-state index in [2.05, 4.69) is 35.4 Å². The van der Waals surface area contributed by atoms with Crippen molar-refractivity contribution in [3.05, 3.63) is 23.4 Å². The molecule has 2 saturated carbocycles. The molecule has 3 aliphatic carbocycles. The van der Waals surface area contributed by atoms with Crippen molar-refractivity contribution in [2.45, 2.75) is 70.4 Å². The molecule has 24 heavy (non-hydrogen) atoms. The highest BCUT2D eigenvalue weighted by Crippen LogP contribution is 2.61. The summed E-state index contributed by atoms with van der Waals surface area (Å²) in [6.07, 6.45) is 12.3. The van der Waals surface area contributed by atoms with Crippen LogP contribution in [0.3, 0.4) is 0 Å². The van der Waals surface area contributed by atoms with E-state index in [0.717, 1.165) is 43.3 Å². The van der Waals surface area contributed by atoms with Crippen LogP contribution in [-0.4, -0.2) is 26.9 Å². The van der Waals surface area contributed by atoms with Gasteiger partial charge in [-0.1, -0.05) is 18.6 Å². The molecule has 130 valence electrons. The van der Waals surface area contributed by atoms with Gasteiger partial charge in [-0.15, -0.1) is 0 Å². The first kappa shape index (κ1) is 15.0. The quantitative estimate of drug-likeness (QED) is 0.637. The summed E-state index contributed by atoms with van der Waals surface area (Å²) in [6, 6.07) is 0. The number of rotatable bonds is 0. The van der Waals surface area contributed by atoms with Crippen LogP contribution in [-0.2, 0) is 6.42 Å². The second kappa shape index (κ2) is 4.87. The Kier molecular flexibility index (Phi) is 3.05. The molecular weight excluding hydrogens is 298 g/mol. The second-order valence-corrected chi connectivity index (χ2v) is 9.21. The van der Waals surface area contributed by atoms with Crippen LogP contribution in [0.1, 0.15) is 57.9 Å². The van der Waals surface area contributed by atoms with Gasteiger partial charge < -0.3 is 10.4 Å². The monoisotopic (exact) mass is 327 g/mol. The molecule has 5 rings (SSSR count). The Bertz CT molecular complexity index is 695. The molecule has 2 fully saturated rings. The first-order valence-corrected chi connectivity index (χ1v) is 9.68. The molecule has 2 unspecified atom stereocenters. The predicted molar refractivity (Wildman–Crippen MR) is 94.7 cm³/mol. The maximum Gasteiger partial charge on any atom is 0.125 e. The minimum Gasteiger partial charge on any atom is -0.393 e. The van der Waals surface area contributed by atoms with Crippen LogP contribution in [0, 0.1) is 23.2 Å². The molecule has 0 amide bonds. The van der Waals surface area contributed by atoms with Crippen LogP contribution in [0.2, 0.25) is 0 Å². The summed E-state index contributed by atoms with van der Waals surface area (Å²) >= 11 is 0. The van der Waals surface area contributed by atoms with Crippen LogP contribution in [0.5, 0.6) is 0 Å². The molecule has 0 spiro atoms. The number of hydrogen-bond donors (Lipinski definition) is 3. The fourth-order valence-corrected chi connectivity index (χ4v) is 6.59. The lowest BCUT2D eigenvalue weighted by molar-refractivity contribution is -0.0162. The number of allylic oxidation sites excluding steroid dienone is 1. The Morgan fingerprint density at radius 3 is 2.92 bits per heavy atom. The van der Waals surface area contributed by atoms with Crippen LogP contribution < -0.4 is 5.32 Å². The lowest BCUT2D eigenvalue weighted by Crippen LogP contribution is -2.58. The molecule has 6 atom stereocenters. The van der Waals surface area contributed by atoms with Gasteiger partial charge in [-0.05, 0) is 75.0 Å². The van der Waals surface area contributed by atoms with E-state index in [0.29, 0.717) is 11.3 Å². The van der Waals surface area contributed by atoms with E-state index in [4.69, 9.17) is 0 Å². The summed E-state index contributed by atoms with van der Waals surface area (Å²) in [7, 11) is 0. The standard InChI is InChI=1S/C20H29N3O/c1-19-7-5-14(24)10-13(19)3-4-15-16(19)6-8-20(2)17(15)9-12-11-21-23-18(12)22-20/h3,11,14-17,24H,4-10H2,1-2H3,(H2,21,22,23)/t14-,15+,16?,17?,19-,20-/m0/s1. The molecule has 2 heterocycles. The minimum atomic E-state index is -0.112. The molecule has 4 nitrogen and oxygen atoms in total. The van der Waals surface area contributed by atoms with E-state index in [1.165, 1.54) is 24.8 Å². The van der Waals surface area contributed by atoms with Crippen LogP contribution in [0.4, 0.5) is 5.82 Å². The van der Waals surface area contributed by atoms with Crippen molar-refractivity contribution in [1.29, 1.82) is 0 Å². The van der Waals surface area contributed by atoms with Gasteiger partial charge in [-0.3, -0.25) is 5.10 Å². The Hall–Kier alpha value is -1.29. The molecule has 4 aliphatic rings. The molecular formula is C20H29N3O. The summed E-state index contributed by atoms with van der Waals surface area (Å²) in [4.78, 5) is 0. The number of H-pyrrole nitrogens is 1. The van der Waals surface area contributed by atoms with Crippen molar-refractivity contribution >= 4 is 5.82 Å². The fourth-order valence-electron chi connectivity index (χ4n) is 6.59. The summed E-state index contributed by atoms with van der Waals surface area (Å²) < 4.78 is 0. The molecule has 3 N–H and O–H groups in total. The smallest absolute Gasteiger partial charge is 0.125 e. The van der Waals surface area contributed by atoms with Gasteiger partial charge in [0.2, 0.25) is 0 Å². The van der Waals surface area contributed by atoms with Crippen LogP contribution in [0.25, 0.3) is 0 Å². The molecule has 0 bridgehead atoms. The third kappa shape index (κ3) is 1.92. The van der Waals surface area contributed by atoms with Crippen molar-refractivity contribution in [2.24, 2.45) is 23.2 Å². The first-order valence-electron chi connectivity index (χ1n) is 9.68. The van der Waals surface area contributed by atoms with E-state index < -0.39 is 0 Å². The topological polar surface area (TPSA) is 60.9 Å². The van der Waals surface area contributed by atoms with Gasteiger partial charge in [0.25, 0.3) is 0 Å². The summed E-state index contributed by atoms with van der Waals surface area (Å²) in [5.74, 6) is 3.36. The minimum absolute atomic E-state index is 0.112. The summed E-state index contributed by atoms with van der Waals surface area (Å²) in [5, 5.41) is 21.3. The largest absolute Gasteiger partial charge is 0.393 e. The van der Waals surface area contributed by atoms with Crippen molar-refractivity contribution in [2.75, 3.05) is 5.32 Å². The van der Waals surface area contributed by atoms with Gasteiger partial charge >= 0.3 is 0 Å². The highest BCUT2D eigenvalue weighted by molar-refractivity contribution is 5.49. The zero-order valence-electron chi connectivity index (χ0n) is 14.8. The number of nitrogens with one attached hydrogen (secondary N) is 2. The molecule has 1 aromatic rings. The van der Waals surface area contributed by atoms with E-state index in [1.807, 2.05) is 6.20 Å². The number of fused-ring (bicyclic) bond motifs is 6. The van der Waals surface area contributed by atoms with Crippen molar-refractivity contribution in [1.82, 2.24) is 10.2 Å². The molecule has 1 aliphatic heterocycles. The number of aliphatic hydroxyl groups is 1. The maximum atomic E-state index is 10.1. The highest BCUT2D eigenvalue weighted by atomic mass is 16.3. The van der Waals surface area contributed by atoms with E-state index in [9.17, 15) is 5.11 Å². The normalized spacial score (nSPS) is 46.7. The van der Waals surface area contributed by atoms with Crippen molar-refractivity contribution < 1.29 is 5.11 Å². The number of nitrogens with zero attached hydrogens (tertiary/aromatic N) is 1. The number of aliphatic hydroxyl groups excluding tert-OH is 1. The Morgan fingerprint density at radius 2 is 2.04 bits per heavy atom. The van der Waals surface area contributed by atoms with Crippen molar-refractivity contribution in [3.63, 3.8) is 0 Å².